The zero-order valence-corrected chi connectivity index (χ0v) is 13.8. The highest BCUT2D eigenvalue weighted by molar-refractivity contribution is 7.92. The van der Waals surface area contributed by atoms with E-state index in [0.717, 1.165) is 32.1 Å². The maximum absolute atomic E-state index is 12.5. The normalized spacial score (nSPS) is 29.4. The second-order valence-corrected chi connectivity index (χ2v) is 9.47. The van der Waals surface area contributed by atoms with Crippen LogP contribution in [-0.4, -0.2) is 26.0 Å². The van der Waals surface area contributed by atoms with Crippen LogP contribution in [0.25, 0.3) is 0 Å². The van der Waals surface area contributed by atoms with Gasteiger partial charge in [0, 0.05) is 0 Å². The van der Waals surface area contributed by atoms with Gasteiger partial charge in [-0.2, -0.15) is 0 Å². The number of nitrogens with two attached hydrogens (primary N) is 1. The molecule has 114 valence electrons. The van der Waals surface area contributed by atoms with Gasteiger partial charge in [0.05, 0.1) is 11.0 Å². The fourth-order valence-corrected chi connectivity index (χ4v) is 5.54. The van der Waals surface area contributed by atoms with Crippen LogP contribution < -0.4 is 5.73 Å². The molecule has 3 atom stereocenters. The van der Waals surface area contributed by atoms with E-state index in [9.17, 15) is 8.42 Å². The van der Waals surface area contributed by atoms with Crippen LogP contribution in [-0.2, 0) is 9.84 Å². The third-order valence-electron chi connectivity index (χ3n) is 4.70. The van der Waals surface area contributed by atoms with Gasteiger partial charge in [-0.25, -0.2) is 8.42 Å². The largest absolute Gasteiger partial charge is 0.330 e. The van der Waals surface area contributed by atoms with E-state index < -0.39 is 9.84 Å². The summed E-state index contributed by atoms with van der Waals surface area (Å²) in [6.07, 6.45) is 4.59. The molecule has 1 rings (SSSR count). The Morgan fingerprint density at radius 1 is 1.21 bits per heavy atom. The number of hydrogen-bond donors (Lipinski definition) is 1. The molecule has 0 saturated heterocycles. The highest BCUT2D eigenvalue weighted by Gasteiger charge is 2.41. The molecule has 2 N–H and O–H groups in total. The number of sulfone groups is 1. The lowest BCUT2D eigenvalue weighted by atomic mass is 9.69. The molecule has 3 unspecified atom stereocenters. The van der Waals surface area contributed by atoms with Gasteiger partial charge < -0.3 is 5.73 Å². The van der Waals surface area contributed by atoms with Crippen LogP contribution in [0.3, 0.4) is 0 Å². The maximum Gasteiger partial charge on any atom is 0.153 e. The first-order chi connectivity index (χ1) is 8.72. The van der Waals surface area contributed by atoms with Crippen LogP contribution in [0.5, 0.6) is 0 Å². The van der Waals surface area contributed by atoms with Crippen LogP contribution in [0.15, 0.2) is 0 Å². The van der Waals surface area contributed by atoms with Gasteiger partial charge in [0.25, 0.3) is 0 Å². The predicted molar refractivity (Wildman–Crippen MR) is 81.8 cm³/mol. The van der Waals surface area contributed by atoms with Gasteiger partial charge in [-0.3, -0.25) is 0 Å². The minimum atomic E-state index is -2.98. The molecule has 0 bridgehead atoms. The monoisotopic (exact) mass is 289 g/mol. The van der Waals surface area contributed by atoms with Crippen LogP contribution >= 0.6 is 0 Å². The van der Waals surface area contributed by atoms with E-state index >= 15 is 0 Å². The van der Waals surface area contributed by atoms with E-state index in [-0.39, 0.29) is 16.6 Å². The highest BCUT2D eigenvalue weighted by atomic mass is 32.2. The van der Waals surface area contributed by atoms with Crippen LogP contribution in [0, 0.1) is 17.3 Å². The molecule has 4 heteroatoms. The molecule has 0 aliphatic heterocycles. The Kier molecular flexibility index (Phi) is 5.87. The molecule has 19 heavy (non-hydrogen) atoms. The molecule has 1 fully saturated rings. The summed E-state index contributed by atoms with van der Waals surface area (Å²) >= 11 is 0. The zero-order chi connectivity index (χ0) is 14.7. The Bertz CT molecular complexity index is 370. The first-order valence-electron chi connectivity index (χ1n) is 7.64. The second kappa shape index (κ2) is 6.57. The molecule has 0 aromatic heterocycles. The average molecular weight is 289 g/mol. The van der Waals surface area contributed by atoms with E-state index in [1.807, 2.05) is 6.92 Å². The minimum Gasteiger partial charge on any atom is -0.330 e. The highest BCUT2D eigenvalue weighted by Crippen LogP contribution is 2.42. The fourth-order valence-electron chi connectivity index (χ4n) is 3.18. The molecule has 1 saturated carbocycles. The second-order valence-electron chi connectivity index (χ2n) is 7.13. The molecule has 0 heterocycles. The van der Waals surface area contributed by atoms with Gasteiger partial charge in [-0.15, -0.1) is 0 Å². The Hall–Kier alpha value is -0.0900. The summed E-state index contributed by atoms with van der Waals surface area (Å²) in [4.78, 5) is 0. The molecule has 0 radical (unpaired) electrons. The van der Waals surface area contributed by atoms with Crippen molar-refractivity contribution in [2.24, 2.45) is 23.0 Å². The van der Waals surface area contributed by atoms with Crippen molar-refractivity contribution in [2.75, 3.05) is 12.3 Å². The third kappa shape index (κ3) is 4.45. The van der Waals surface area contributed by atoms with Gasteiger partial charge in [-0.05, 0) is 49.5 Å². The lowest BCUT2D eigenvalue weighted by Gasteiger charge is -2.41. The Morgan fingerprint density at radius 3 is 2.32 bits per heavy atom. The molecule has 0 aromatic carbocycles. The summed E-state index contributed by atoms with van der Waals surface area (Å²) in [6, 6.07) is 0. The van der Waals surface area contributed by atoms with Crippen LogP contribution in [0.4, 0.5) is 0 Å². The first kappa shape index (κ1) is 17.0. The van der Waals surface area contributed by atoms with Gasteiger partial charge in [0.1, 0.15) is 0 Å². The molecule has 1 aliphatic rings. The summed E-state index contributed by atoms with van der Waals surface area (Å²) in [5, 5.41) is -0.206. The van der Waals surface area contributed by atoms with E-state index in [2.05, 4.69) is 20.8 Å². The summed E-state index contributed by atoms with van der Waals surface area (Å²) in [5.41, 5.74) is 6.00. The SMILES string of the molecule is CCCCS(=O)(=O)C1CC(C(C)(C)C)CCC1CN. The molecule has 1 aliphatic carbocycles. The van der Waals surface area contributed by atoms with Crippen molar-refractivity contribution in [3.8, 4) is 0 Å². The van der Waals surface area contributed by atoms with Crippen molar-refractivity contribution in [3.05, 3.63) is 0 Å². The van der Waals surface area contributed by atoms with Crippen molar-refractivity contribution in [1.82, 2.24) is 0 Å². The van der Waals surface area contributed by atoms with Crippen LogP contribution in [0.2, 0.25) is 0 Å². The van der Waals surface area contributed by atoms with E-state index in [0.29, 0.717) is 18.2 Å². The average Bonchev–Trinajstić information content (AvgIpc) is 2.34. The lowest BCUT2D eigenvalue weighted by molar-refractivity contribution is 0.154. The van der Waals surface area contributed by atoms with Gasteiger partial charge in [-0.1, -0.05) is 34.1 Å². The van der Waals surface area contributed by atoms with Crippen molar-refractivity contribution in [2.45, 2.75) is 65.0 Å². The van der Waals surface area contributed by atoms with Crippen molar-refractivity contribution >= 4 is 9.84 Å². The minimum absolute atomic E-state index is 0.167. The van der Waals surface area contributed by atoms with Crippen molar-refractivity contribution < 1.29 is 8.42 Å². The summed E-state index contributed by atoms with van der Waals surface area (Å²) in [6.45, 7) is 9.20. The van der Waals surface area contributed by atoms with Crippen molar-refractivity contribution in [3.63, 3.8) is 0 Å². The Balaban J connectivity index is 2.86. The van der Waals surface area contributed by atoms with Gasteiger partial charge in [0.2, 0.25) is 0 Å². The summed E-state index contributed by atoms with van der Waals surface area (Å²) in [7, 11) is -2.98. The first-order valence-corrected chi connectivity index (χ1v) is 9.35. The van der Waals surface area contributed by atoms with E-state index in [1.165, 1.54) is 0 Å². The topological polar surface area (TPSA) is 60.2 Å². The predicted octanol–water partition coefficient (Wildman–Crippen LogP) is 2.99. The smallest absolute Gasteiger partial charge is 0.153 e. The lowest BCUT2D eigenvalue weighted by Crippen LogP contribution is -2.43. The number of rotatable bonds is 5. The Labute approximate surface area is 119 Å². The molecular weight excluding hydrogens is 258 g/mol. The number of hydrogen-bond acceptors (Lipinski definition) is 3. The molecule has 0 spiro atoms. The third-order valence-corrected chi connectivity index (χ3v) is 7.06. The summed E-state index contributed by atoms with van der Waals surface area (Å²) < 4.78 is 25.1. The maximum atomic E-state index is 12.5. The van der Waals surface area contributed by atoms with E-state index in [4.69, 9.17) is 5.73 Å². The number of unbranched alkanes of at least 4 members (excludes halogenated alkanes) is 1. The zero-order valence-electron chi connectivity index (χ0n) is 13.0. The quantitative estimate of drug-likeness (QED) is 0.846. The molecular formula is C15H31NO2S. The molecule has 0 aromatic rings. The molecule has 0 amide bonds. The van der Waals surface area contributed by atoms with Crippen LogP contribution in [0.1, 0.15) is 59.8 Å². The fraction of sp³-hybridized carbons (Fsp3) is 1.00. The van der Waals surface area contributed by atoms with Gasteiger partial charge in [0.15, 0.2) is 9.84 Å². The standard InChI is InChI=1S/C15H31NO2S/c1-5-6-9-19(17,18)14-10-13(15(2,3)4)8-7-12(14)11-16/h12-14H,5-11,16H2,1-4H3. The summed E-state index contributed by atoms with van der Waals surface area (Å²) in [5.74, 6) is 0.999. The molecule has 3 nitrogen and oxygen atoms in total. The Morgan fingerprint density at radius 2 is 1.84 bits per heavy atom. The van der Waals surface area contributed by atoms with E-state index in [1.54, 1.807) is 0 Å². The van der Waals surface area contributed by atoms with Gasteiger partial charge >= 0.3 is 0 Å². The van der Waals surface area contributed by atoms with Crippen molar-refractivity contribution in [1.29, 1.82) is 0 Å².